The third-order valence-corrected chi connectivity index (χ3v) is 10.9. The highest BCUT2D eigenvalue weighted by Gasteiger charge is 2.16. The molecule has 224 valence electrons. The normalized spacial score (nSPS) is 11.8. The quantitative estimate of drug-likeness (QED) is 0.191. The molecule has 0 amide bonds. The molecule has 7 aromatic carbocycles. The van der Waals surface area contributed by atoms with Crippen LogP contribution in [0.4, 0.5) is 0 Å². The van der Waals surface area contributed by atoms with Crippen LogP contribution in [-0.4, -0.2) is 9.13 Å². The molecule has 0 N–H and O–H groups in total. The molecular formula is C44H27N3S. The smallest absolute Gasteiger partial charge is 0.0992 e. The zero-order chi connectivity index (χ0) is 31.9. The molecule has 0 aliphatic heterocycles. The van der Waals surface area contributed by atoms with Gasteiger partial charge in [0.25, 0.3) is 0 Å². The van der Waals surface area contributed by atoms with Crippen LogP contribution < -0.4 is 0 Å². The van der Waals surface area contributed by atoms with Crippen LogP contribution in [0.15, 0.2) is 146 Å². The predicted molar refractivity (Wildman–Crippen MR) is 203 cm³/mol. The van der Waals surface area contributed by atoms with Gasteiger partial charge in [-0.2, -0.15) is 5.26 Å². The molecule has 0 spiro atoms. The van der Waals surface area contributed by atoms with E-state index < -0.39 is 0 Å². The van der Waals surface area contributed by atoms with Crippen molar-refractivity contribution in [3.05, 3.63) is 157 Å². The van der Waals surface area contributed by atoms with E-state index in [0.29, 0.717) is 5.56 Å². The van der Waals surface area contributed by atoms with Crippen molar-refractivity contribution >= 4 is 75.1 Å². The number of fused-ring (bicyclic) bond motifs is 9. The van der Waals surface area contributed by atoms with Crippen LogP contribution in [0.1, 0.15) is 11.1 Å². The van der Waals surface area contributed by atoms with E-state index in [1.54, 1.807) is 0 Å². The van der Waals surface area contributed by atoms with Crippen LogP contribution >= 0.6 is 11.3 Å². The average molecular weight is 630 g/mol. The van der Waals surface area contributed by atoms with Gasteiger partial charge >= 0.3 is 0 Å². The Kier molecular flexibility index (Phi) is 5.72. The molecule has 48 heavy (non-hydrogen) atoms. The summed E-state index contributed by atoms with van der Waals surface area (Å²) in [4.78, 5) is 0. The van der Waals surface area contributed by atoms with Gasteiger partial charge in [0, 0.05) is 53.1 Å². The summed E-state index contributed by atoms with van der Waals surface area (Å²) < 4.78 is 7.27. The van der Waals surface area contributed by atoms with Gasteiger partial charge in [-0.25, -0.2) is 0 Å². The van der Waals surface area contributed by atoms with Crippen molar-refractivity contribution in [2.24, 2.45) is 0 Å². The lowest BCUT2D eigenvalue weighted by molar-refractivity contribution is 1.18. The third-order valence-electron chi connectivity index (χ3n) is 9.78. The van der Waals surface area contributed by atoms with Crippen molar-refractivity contribution in [3.63, 3.8) is 0 Å². The Morgan fingerprint density at radius 2 is 1.06 bits per heavy atom. The van der Waals surface area contributed by atoms with E-state index in [0.717, 1.165) is 27.7 Å². The Hall–Kier alpha value is -6.15. The maximum absolute atomic E-state index is 9.69. The minimum Gasteiger partial charge on any atom is -0.309 e. The highest BCUT2D eigenvalue weighted by atomic mass is 32.1. The van der Waals surface area contributed by atoms with Gasteiger partial charge in [0.15, 0.2) is 0 Å². The average Bonchev–Trinajstić information content (AvgIpc) is 3.78. The van der Waals surface area contributed by atoms with Crippen molar-refractivity contribution < 1.29 is 0 Å². The maximum atomic E-state index is 9.69. The van der Waals surface area contributed by atoms with Crippen LogP contribution in [0.3, 0.4) is 0 Å². The fraction of sp³-hybridized carbons (Fsp3) is 0.0227. The largest absolute Gasteiger partial charge is 0.309 e. The number of hydrogen-bond acceptors (Lipinski definition) is 2. The molecule has 4 heteroatoms. The molecule has 0 fully saturated rings. The second-order valence-electron chi connectivity index (χ2n) is 12.6. The zero-order valence-electron chi connectivity index (χ0n) is 26.1. The van der Waals surface area contributed by atoms with Crippen LogP contribution in [0.5, 0.6) is 0 Å². The molecule has 0 radical (unpaired) electrons. The lowest BCUT2D eigenvalue weighted by Crippen LogP contribution is -1.94. The van der Waals surface area contributed by atoms with Crippen molar-refractivity contribution in [1.29, 1.82) is 5.26 Å². The summed E-state index contributed by atoms with van der Waals surface area (Å²) in [5, 5.41) is 17.1. The van der Waals surface area contributed by atoms with Gasteiger partial charge in [-0.05, 0) is 96.4 Å². The first-order chi connectivity index (χ1) is 23.6. The molecule has 3 aromatic heterocycles. The monoisotopic (exact) mass is 629 g/mol. The molecule has 10 rings (SSSR count). The second kappa shape index (κ2) is 10.2. The van der Waals surface area contributed by atoms with Crippen molar-refractivity contribution in [2.75, 3.05) is 0 Å². The Balaban J connectivity index is 1.15. The van der Waals surface area contributed by atoms with Gasteiger partial charge in [0.05, 0.1) is 33.7 Å². The minimum atomic E-state index is 0.660. The number of aryl methyl sites for hydroxylation is 1. The molecule has 0 unspecified atom stereocenters. The fourth-order valence-electron chi connectivity index (χ4n) is 7.59. The van der Waals surface area contributed by atoms with E-state index in [-0.39, 0.29) is 0 Å². The summed E-state index contributed by atoms with van der Waals surface area (Å²) in [5.74, 6) is 0. The van der Waals surface area contributed by atoms with Crippen molar-refractivity contribution in [3.8, 4) is 28.6 Å². The number of thiophene rings is 1. The standard InChI is InChI=1S/C44H27N3S/c1-27-13-17-35-33-9-2-5-12-40(33)47(41(35)21-27)32-16-20-44-38(25-32)37-24-30(15-19-43(37)48-44)29-7-6-8-31(23-29)46-39-11-4-3-10-34(39)36-18-14-28(26-45)22-42(36)46/h2-25H,1H3. The molecule has 0 saturated carbocycles. The topological polar surface area (TPSA) is 33.6 Å². The molecule has 0 aliphatic carbocycles. The SMILES string of the molecule is Cc1ccc2c3ccccc3n(-c3ccc4sc5ccc(-c6cccc(-n7c8ccccc8c8ccc(C#N)cc87)c6)cc5c4c3)c2c1. The zero-order valence-corrected chi connectivity index (χ0v) is 26.9. The first-order valence-corrected chi connectivity index (χ1v) is 17.0. The van der Waals surface area contributed by atoms with E-state index in [9.17, 15) is 5.26 Å². The summed E-state index contributed by atoms with van der Waals surface area (Å²) in [6.07, 6.45) is 0. The van der Waals surface area contributed by atoms with Crippen molar-refractivity contribution in [1.82, 2.24) is 9.13 Å². The predicted octanol–water partition coefficient (Wildman–Crippen LogP) is 12.1. The number of aromatic nitrogens is 2. The van der Waals surface area contributed by atoms with E-state index in [1.165, 1.54) is 64.2 Å². The molecule has 3 nitrogen and oxygen atoms in total. The Bertz CT molecular complexity index is 2980. The van der Waals surface area contributed by atoms with Gasteiger partial charge in [0.1, 0.15) is 0 Å². The van der Waals surface area contributed by atoms with Crippen LogP contribution in [0.25, 0.3) is 86.3 Å². The summed E-state index contributed by atoms with van der Waals surface area (Å²) in [5.41, 5.74) is 11.1. The number of benzene rings is 7. The Morgan fingerprint density at radius 3 is 1.81 bits per heavy atom. The molecule has 3 heterocycles. The number of nitrogens with zero attached hydrogens (tertiary/aromatic N) is 3. The maximum Gasteiger partial charge on any atom is 0.0992 e. The number of para-hydroxylation sites is 2. The van der Waals surface area contributed by atoms with E-state index in [2.05, 4.69) is 156 Å². The van der Waals surface area contributed by atoms with Crippen LogP contribution in [0.2, 0.25) is 0 Å². The van der Waals surface area contributed by atoms with E-state index in [4.69, 9.17) is 0 Å². The van der Waals surface area contributed by atoms with Gasteiger partial charge < -0.3 is 9.13 Å². The molecule has 10 aromatic rings. The highest BCUT2D eigenvalue weighted by Crippen LogP contribution is 2.40. The van der Waals surface area contributed by atoms with Crippen LogP contribution in [0, 0.1) is 18.3 Å². The molecule has 0 aliphatic rings. The molecular weight excluding hydrogens is 603 g/mol. The summed E-state index contributed by atoms with van der Waals surface area (Å²) in [6, 6.07) is 54.8. The van der Waals surface area contributed by atoms with Gasteiger partial charge in [-0.1, -0.05) is 72.8 Å². The summed E-state index contributed by atoms with van der Waals surface area (Å²) in [7, 11) is 0. The number of nitriles is 1. The van der Waals surface area contributed by atoms with E-state index >= 15 is 0 Å². The lowest BCUT2D eigenvalue weighted by atomic mass is 10.0. The third kappa shape index (κ3) is 3.92. The van der Waals surface area contributed by atoms with Crippen LogP contribution in [-0.2, 0) is 0 Å². The minimum absolute atomic E-state index is 0.660. The Morgan fingerprint density at radius 1 is 0.458 bits per heavy atom. The number of rotatable bonds is 3. The summed E-state index contributed by atoms with van der Waals surface area (Å²) >= 11 is 1.85. The lowest BCUT2D eigenvalue weighted by Gasteiger charge is -2.11. The van der Waals surface area contributed by atoms with Gasteiger partial charge in [0.2, 0.25) is 0 Å². The van der Waals surface area contributed by atoms with Crippen molar-refractivity contribution in [2.45, 2.75) is 6.92 Å². The molecule has 0 bridgehead atoms. The van der Waals surface area contributed by atoms with Gasteiger partial charge in [-0.3, -0.25) is 0 Å². The second-order valence-corrected chi connectivity index (χ2v) is 13.7. The molecule has 0 saturated heterocycles. The number of hydrogen-bond donors (Lipinski definition) is 0. The van der Waals surface area contributed by atoms with E-state index in [1.807, 2.05) is 23.5 Å². The first kappa shape index (κ1) is 27.0. The first-order valence-electron chi connectivity index (χ1n) is 16.2. The molecule has 0 atom stereocenters. The Labute approximate surface area is 280 Å². The summed E-state index contributed by atoms with van der Waals surface area (Å²) in [6.45, 7) is 2.17. The fourth-order valence-corrected chi connectivity index (χ4v) is 8.65. The highest BCUT2D eigenvalue weighted by molar-refractivity contribution is 7.25. The van der Waals surface area contributed by atoms with Gasteiger partial charge in [-0.15, -0.1) is 11.3 Å².